The summed E-state index contributed by atoms with van der Waals surface area (Å²) in [4.78, 5) is 6.23. The Morgan fingerprint density at radius 3 is 2.55 bits per heavy atom. The van der Waals surface area contributed by atoms with Gasteiger partial charge in [-0.25, -0.2) is 4.98 Å². The smallest absolute Gasteiger partial charge is 0.119 e. The Kier molecular flexibility index (Phi) is 5.04. The Balaban J connectivity index is 1.91. The number of nitrogens with zero attached hydrogens (tertiary/aromatic N) is 3. The fraction of sp³-hybridized carbons (Fsp3) is 0.400. The Morgan fingerprint density at radius 2 is 2.00 bits per heavy atom. The van der Waals surface area contributed by atoms with E-state index in [1.165, 1.54) is 5.56 Å². The van der Waals surface area contributed by atoms with Crippen molar-refractivity contribution >= 4 is 11.6 Å². The van der Waals surface area contributed by atoms with E-state index in [9.17, 15) is 0 Å². The topological polar surface area (TPSA) is 30.3 Å². The lowest BCUT2D eigenvalue weighted by molar-refractivity contribution is 0.237. The summed E-state index contributed by atoms with van der Waals surface area (Å²) in [6, 6.07) is 8.06. The van der Waals surface area contributed by atoms with Crippen molar-refractivity contribution in [1.29, 1.82) is 0 Å². The first kappa shape index (κ1) is 14.9. The van der Waals surface area contributed by atoms with Gasteiger partial charge in [-0.2, -0.15) is 0 Å². The molecule has 1 aromatic carbocycles. The Bertz CT molecular complexity index is 536. The molecule has 2 aromatic rings. The number of halogens is 1. The van der Waals surface area contributed by atoms with Gasteiger partial charge in [-0.05, 0) is 31.8 Å². The molecule has 0 fully saturated rings. The van der Waals surface area contributed by atoms with Crippen molar-refractivity contribution in [2.24, 2.45) is 7.05 Å². The molecular formula is C15H20ClN3O. The second-order valence-electron chi connectivity index (χ2n) is 4.98. The fourth-order valence-electron chi connectivity index (χ4n) is 1.77. The average molecular weight is 294 g/mol. The first-order chi connectivity index (χ1) is 9.56. The Labute approximate surface area is 124 Å². The molecule has 5 heteroatoms. The van der Waals surface area contributed by atoms with Crippen LogP contribution < -0.4 is 4.74 Å². The lowest BCUT2D eigenvalue weighted by Crippen LogP contribution is -2.28. The van der Waals surface area contributed by atoms with Crippen LogP contribution in [0, 0.1) is 0 Å². The average Bonchev–Trinajstić information content (AvgIpc) is 2.83. The van der Waals surface area contributed by atoms with E-state index in [2.05, 4.69) is 17.1 Å². The van der Waals surface area contributed by atoms with Gasteiger partial charge in [0.25, 0.3) is 0 Å². The molecule has 0 saturated carbocycles. The van der Waals surface area contributed by atoms with Crippen LogP contribution in [0.5, 0.6) is 5.75 Å². The molecule has 0 saturated heterocycles. The van der Waals surface area contributed by atoms with Gasteiger partial charge < -0.3 is 9.30 Å². The van der Waals surface area contributed by atoms with Crippen molar-refractivity contribution in [3.8, 4) is 5.75 Å². The van der Waals surface area contributed by atoms with Crippen molar-refractivity contribution in [3.63, 3.8) is 0 Å². The van der Waals surface area contributed by atoms with E-state index < -0.39 is 0 Å². The molecule has 1 aromatic heterocycles. The number of rotatable bonds is 6. The van der Waals surface area contributed by atoms with E-state index in [1.807, 2.05) is 55.1 Å². The maximum absolute atomic E-state index is 6.10. The van der Waals surface area contributed by atoms with Crippen LogP contribution in [-0.4, -0.2) is 40.7 Å². The van der Waals surface area contributed by atoms with E-state index in [0.29, 0.717) is 6.61 Å². The van der Waals surface area contributed by atoms with Crippen LogP contribution in [0.15, 0.2) is 36.7 Å². The number of aryl methyl sites for hydroxylation is 1. The zero-order valence-electron chi connectivity index (χ0n) is 12.1. The summed E-state index contributed by atoms with van der Waals surface area (Å²) in [5, 5.41) is 0. The van der Waals surface area contributed by atoms with Crippen LogP contribution in [0.4, 0.5) is 0 Å². The van der Waals surface area contributed by atoms with Crippen molar-refractivity contribution in [2.45, 2.75) is 11.9 Å². The van der Waals surface area contributed by atoms with Gasteiger partial charge in [-0.15, -0.1) is 11.6 Å². The first-order valence-electron chi connectivity index (χ1n) is 6.54. The second kappa shape index (κ2) is 6.77. The quantitative estimate of drug-likeness (QED) is 0.606. The number of imidazole rings is 1. The largest absolute Gasteiger partial charge is 0.491 e. The fourth-order valence-corrected chi connectivity index (χ4v) is 1.83. The van der Waals surface area contributed by atoms with Crippen molar-refractivity contribution in [1.82, 2.24) is 14.5 Å². The van der Waals surface area contributed by atoms with Crippen LogP contribution in [-0.2, 0) is 13.5 Å². The minimum atomic E-state index is -0.123. The molecule has 2 rings (SSSR count). The zero-order valence-corrected chi connectivity index (χ0v) is 12.8. The van der Waals surface area contributed by atoms with Crippen LogP contribution in [0.3, 0.4) is 0 Å². The summed E-state index contributed by atoms with van der Waals surface area (Å²) in [5.41, 5.74) is 1.09. The first-order valence-corrected chi connectivity index (χ1v) is 6.98. The Hall–Kier alpha value is -1.52. The highest BCUT2D eigenvalue weighted by atomic mass is 35.5. The molecule has 20 heavy (non-hydrogen) atoms. The van der Waals surface area contributed by atoms with Crippen LogP contribution in [0.2, 0.25) is 0 Å². The molecule has 0 aliphatic rings. The molecule has 0 aliphatic heterocycles. The molecule has 0 aliphatic carbocycles. The lowest BCUT2D eigenvalue weighted by atomic mass is 10.1. The van der Waals surface area contributed by atoms with Gasteiger partial charge >= 0.3 is 0 Å². The SMILES string of the molecule is CN(C)C(Cl)COc1ccc(Cc2nccn2C)cc1. The number of ether oxygens (including phenoxy) is 1. The molecule has 0 N–H and O–H groups in total. The monoisotopic (exact) mass is 293 g/mol. The van der Waals surface area contributed by atoms with E-state index in [-0.39, 0.29) is 5.50 Å². The highest BCUT2D eigenvalue weighted by Crippen LogP contribution is 2.15. The van der Waals surface area contributed by atoms with E-state index >= 15 is 0 Å². The molecule has 1 heterocycles. The second-order valence-corrected chi connectivity index (χ2v) is 5.49. The molecule has 0 radical (unpaired) electrons. The van der Waals surface area contributed by atoms with Gasteiger partial charge in [0.2, 0.25) is 0 Å². The maximum atomic E-state index is 6.10. The predicted octanol–water partition coefficient (Wildman–Crippen LogP) is 2.52. The third kappa shape index (κ3) is 3.99. The van der Waals surface area contributed by atoms with Crippen LogP contribution in [0.1, 0.15) is 11.4 Å². The summed E-state index contributed by atoms with van der Waals surface area (Å²) in [5.74, 6) is 1.88. The standard InChI is InChI=1S/C15H20ClN3O/c1-18(2)14(16)11-20-13-6-4-12(5-7-13)10-15-17-8-9-19(15)3/h4-9,14H,10-11H2,1-3H3. The molecule has 0 bridgehead atoms. The number of benzene rings is 1. The van der Waals surface area contributed by atoms with Gasteiger partial charge in [0.05, 0.1) is 0 Å². The van der Waals surface area contributed by atoms with E-state index in [0.717, 1.165) is 18.0 Å². The summed E-state index contributed by atoms with van der Waals surface area (Å²) < 4.78 is 7.68. The van der Waals surface area contributed by atoms with Gasteiger partial charge in [0, 0.05) is 25.9 Å². The summed E-state index contributed by atoms with van der Waals surface area (Å²) in [6.07, 6.45) is 4.59. The van der Waals surface area contributed by atoms with Crippen molar-refractivity contribution in [2.75, 3.05) is 20.7 Å². The molecule has 108 valence electrons. The summed E-state index contributed by atoms with van der Waals surface area (Å²) >= 11 is 6.10. The minimum absolute atomic E-state index is 0.123. The highest BCUT2D eigenvalue weighted by molar-refractivity contribution is 6.20. The number of hydrogen-bond donors (Lipinski definition) is 0. The van der Waals surface area contributed by atoms with Gasteiger partial charge in [0.15, 0.2) is 0 Å². The van der Waals surface area contributed by atoms with Gasteiger partial charge in [-0.1, -0.05) is 12.1 Å². The van der Waals surface area contributed by atoms with Gasteiger partial charge in [0.1, 0.15) is 23.7 Å². The summed E-state index contributed by atoms with van der Waals surface area (Å²) in [6.45, 7) is 0.466. The normalized spacial score (nSPS) is 12.7. The highest BCUT2D eigenvalue weighted by Gasteiger charge is 2.08. The molecular weight excluding hydrogens is 274 g/mol. The molecule has 1 atom stereocenters. The van der Waals surface area contributed by atoms with Crippen molar-refractivity contribution in [3.05, 3.63) is 48.0 Å². The van der Waals surface area contributed by atoms with Gasteiger partial charge in [-0.3, -0.25) is 4.90 Å². The maximum Gasteiger partial charge on any atom is 0.119 e. The molecule has 0 amide bonds. The zero-order chi connectivity index (χ0) is 14.5. The Morgan fingerprint density at radius 1 is 1.30 bits per heavy atom. The minimum Gasteiger partial charge on any atom is -0.491 e. The number of likely N-dealkylation sites (N-methyl/N-ethyl adjacent to an activating group) is 1. The molecule has 1 unspecified atom stereocenters. The predicted molar refractivity (Wildman–Crippen MR) is 81.3 cm³/mol. The van der Waals surface area contributed by atoms with Crippen LogP contribution in [0.25, 0.3) is 0 Å². The van der Waals surface area contributed by atoms with Crippen LogP contribution >= 0.6 is 11.6 Å². The third-order valence-corrected chi connectivity index (χ3v) is 3.67. The van der Waals surface area contributed by atoms with Crippen molar-refractivity contribution < 1.29 is 4.74 Å². The molecule has 0 spiro atoms. The number of aromatic nitrogens is 2. The van der Waals surface area contributed by atoms with E-state index in [4.69, 9.17) is 16.3 Å². The molecule has 4 nitrogen and oxygen atoms in total. The third-order valence-electron chi connectivity index (χ3n) is 3.15. The number of alkyl halides is 1. The van der Waals surface area contributed by atoms with E-state index in [1.54, 1.807) is 0 Å². The lowest BCUT2D eigenvalue weighted by Gasteiger charge is -2.17. The number of hydrogen-bond acceptors (Lipinski definition) is 3. The summed E-state index contributed by atoms with van der Waals surface area (Å²) in [7, 11) is 5.86.